The van der Waals surface area contributed by atoms with E-state index in [4.69, 9.17) is 9.05 Å². The Labute approximate surface area is 494 Å². The molecule has 0 saturated heterocycles. The molecule has 0 aliphatic carbocycles. The van der Waals surface area contributed by atoms with Crippen LogP contribution in [0, 0.1) is 0 Å². The summed E-state index contributed by atoms with van der Waals surface area (Å²) in [6, 6.07) is -0.938. The van der Waals surface area contributed by atoms with Crippen LogP contribution < -0.4 is 10.2 Å². The number of nitrogens with one attached hydrogen (secondary N) is 1. The SMILES string of the molecule is CC/C=C\C/C=C\C/C=C\C/C=C\C/C=C\C/C=C\C/C=C\C/C=C\CCCCC(=O)NC(COP(=O)([O-])OCC[N+](C)(C)C)C(O)/C=C/CC/C=C/CCCCCCCCCCCCCCCCCCCCCCCCCCC. The lowest BCUT2D eigenvalue weighted by Gasteiger charge is -2.29. The summed E-state index contributed by atoms with van der Waals surface area (Å²) in [4.78, 5) is 25.6. The van der Waals surface area contributed by atoms with Gasteiger partial charge < -0.3 is 28.8 Å². The number of nitrogens with zero attached hydrogens (tertiary/aromatic N) is 1. The van der Waals surface area contributed by atoms with Crippen molar-refractivity contribution in [2.45, 2.75) is 283 Å². The second-order valence-electron chi connectivity index (χ2n) is 23.1. The van der Waals surface area contributed by atoms with Gasteiger partial charge in [-0.3, -0.25) is 9.36 Å². The predicted molar refractivity (Wildman–Crippen MR) is 348 cm³/mol. The minimum Gasteiger partial charge on any atom is -0.756 e. The smallest absolute Gasteiger partial charge is 0.268 e. The van der Waals surface area contributed by atoms with Crippen LogP contribution in [-0.4, -0.2) is 68.5 Å². The molecule has 0 aliphatic rings. The summed E-state index contributed by atoms with van der Waals surface area (Å²) in [7, 11) is 1.20. The molecule has 0 heterocycles. The van der Waals surface area contributed by atoms with Crippen LogP contribution in [0.1, 0.15) is 271 Å². The third kappa shape index (κ3) is 62.5. The quantitative estimate of drug-likeness (QED) is 0.0272. The van der Waals surface area contributed by atoms with Crippen molar-refractivity contribution >= 4 is 13.7 Å². The second kappa shape index (κ2) is 60.5. The van der Waals surface area contributed by atoms with Crippen LogP contribution in [0.15, 0.2) is 122 Å². The van der Waals surface area contributed by atoms with Gasteiger partial charge in [0, 0.05) is 6.42 Å². The number of aliphatic hydroxyl groups excluding tert-OH is 1. The Balaban J connectivity index is 4.27. The normalized spacial score (nSPS) is 14.5. The topological polar surface area (TPSA) is 108 Å². The Hall–Kier alpha value is -3.10. The molecule has 3 unspecified atom stereocenters. The van der Waals surface area contributed by atoms with Gasteiger partial charge in [-0.05, 0) is 96.3 Å². The molecular formula is C71H125N2O6P. The standard InChI is InChI=1S/C71H125N2O6P/c1-6-8-10-12-14-16-18-20-22-24-26-28-30-32-34-35-36-37-39-40-42-44-46-48-50-52-54-56-58-60-62-64-70(74)69(68-79-80(76,77)78-67-66-73(3,4)5)72-71(75)65-63-61-59-57-55-53-51-49-47-45-43-41-38-33-31-29-27-25-23-21-19-17-15-13-11-9-7-2/h9,11,15,17,21,23,27,29,33,38,43,45,49,51,54-57,62,64,69-70,74H,6-8,10,12-14,16,18-20,22,24-26,28,30-32,34-37,39-42,44,46-48,50,52-53,58-61,63,65-68H2,1-5H3,(H-,72,75,76,77)/b11-9-,17-15-,23-21-,29-27-,38-33-,45-43-,51-49-,56-54+,57-55-,64-62+. The van der Waals surface area contributed by atoms with Crippen molar-refractivity contribution < 1.29 is 32.9 Å². The first-order valence-corrected chi connectivity index (χ1v) is 34.4. The van der Waals surface area contributed by atoms with Gasteiger partial charge in [0.25, 0.3) is 7.82 Å². The average molecular weight is 1130 g/mol. The maximum Gasteiger partial charge on any atom is 0.268 e. The van der Waals surface area contributed by atoms with E-state index in [1.54, 1.807) is 6.08 Å². The van der Waals surface area contributed by atoms with Crippen LogP contribution >= 0.6 is 7.82 Å². The predicted octanol–water partition coefficient (Wildman–Crippen LogP) is 20.2. The summed E-state index contributed by atoms with van der Waals surface area (Å²) >= 11 is 0. The fraction of sp³-hybridized carbons (Fsp3) is 0.704. The summed E-state index contributed by atoms with van der Waals surface area (Å²) < 4.78 is 23.4. The Morgan fingerprint density at radius 1 is 0.450 bits per heavy atom. The zero-order chi connectivity index (χ0) is 58.4. The number of phosphoric acid groups is 1. The van der Waals surface area contributed by atoms with E-state index in [9.17, 15) is 19.4 Å². The molecule has 9 heteroatoms. The molecule has 0 spiro atoms. The Morgan fingerprint density at radius 2 is 0.775 bits per heavy atom. The average Bonchev–Trinajstić information content (AvgIpc) is 3.42. The van der Waals surface area contributed by atoms with Gasteiger partial charge in [0.15, 0.2) is 0 Å². The number of carbonyl (C=O) groups is 1. The van der Waals surface area contributed by atoms with Crippen molar-refractivity contribution in [3.05, 3.63) is 122 Å². The van der Waals surface area contributed by atoms with E-state index in [-0.39, 0.29) is 18.9 Å². The molecule has 0 aromatic heterocycles. The minimum atomic E-state index is -4.63. The first-order valence-electron chi connectivity index (χ1n) is 32.9. The summed E-state index contributed by atoms with van der Waals surface area (Å²) in [5, 5.41) is 13.9. The highest BCUT2D eigenvalue weighted by Gasteiger charge is 2.23. The summed E-state index contributed by atoms with van der Waals surface area (Å²) in [5.74, 6) is -0.252. The molecule has 3 atom stereocenters. The van der Waals surface area contributed by atoms with Crippen LogP contribution in [0.25, 0.3) is 0 Å². The Bertz CT molecular complexity index is 1720. The molecule has 8 nitrogen and oxygen atoms in total. The molecule has 0 saturated carbocycles. The number of hydrogen-bond acceptors (Lipinski definition) is 6. The highest BCUT2D eigenvalue weighted by molar-refractivity contribution is 7.45. The van der Waals surface area contributed by atoms with Gasteiger partial charge >= 0.3 is 0 Å². The molecule has 2 N–H and O–H groups in total. The van der Waals surface area contributed by atoms with E-state index in [0.717, 1.165) is 83.5 Å². The monoisotopic (exact) mass is 1130 g/mol. The maximum absolute atomic E-state index is 13.0. The van der Waals surface area contributed by atoms with Crippen molar-refractivity contribution in [1.29, 1.82) is 0 Å². The third-order valence-corrected chi connectivity index (χ3v) is 15.1. The van der Waals surface area contributed by atoms with Crippen molar-refractivity contribution in [3.8, 4) is 0 Å². The van der Waals surface area contributed by atoms with Crippen molar-refractivity contribution in [2.75, 3.05) is 40.9 Å². The molecule has 460 valence electrons. The van der Waals surface area contributed by atoms with E-state index < -0.39 is 26.6 Å². The lowest BCUT2D eigenvalue weighted by atomic mass is 10.0. The highest BCUT2D eigenvalue weighted by Crippen LogP contribution is 2.38. The van der Waals surface area contributed by atoms with Crippen molar-refractivity contribution in [3.63, 3.8) is 0 Å². The van der Waals surface area contributed by atoms with Crippen LogP contribution in [-0.2, 0) is 18.4 Å². The van der Waals surface area contributed by atoms with Crippen LogP contribution in [0.5, 0.6) is 0 Å². The number of aliphatic hydroxyl groups is 1. The Kier molecular flexibility index (Phi) is 58.1. The van der Waals surface area contributed by atoms with Gasteiger partial charge in [0.2, 0.25) is 5.91 Å². The van der Waals surface area contributed by atoms with E-state index >= 15 is 0 Å². The maximum atomic E-state index is 13.0. The molecule has 0 radical (unpaired) electrons. The number of hydrogen-bond donors (Lipinski definition) is 2. The van der Waals surface area contributed by atoms with E-state index in [1.165, 1.54) is 161 Å². The molecule has 1 amide bonds. The fourth-order valence-electron chi connectivity index (χ4n) is 9.07. The number of amides is 1. The van der Waals surface area contributed by atoms with E-state index in [0.29, 0.717) is 17.4 Å². The summed E-state index contributed by atoms with van der Waals surface area (Å²) in [5.41, 5.74) is 0. The van der Waals surface area contributed by atoms with Crippen LogP contribution in [0.2, 0.25) is 0 Å². The number of rotatable bonds is 59. The first kappa shape index (κ1) is 76.9. The van der Waals surface area contributed by atoms with Crippen molar-refractivity contribution in [2.24, 2.45) is 0 Å². The van der Waals surface area contributed by atoms with Gasteiger partial charge in [0.05, 0.1) is 39.9 Å². The lowest BCUT2D eigenvalue weighted by Crippen LogP contribution is -2.45. The van der Waals surface area contributed by atoms with Crippen molar-refractivity contribution in [1.82, 2.24) is 5.32 Å². The highest BCUT2D eigenvalue weighted by atomic mass is 31.2. The molecule has 0 bridgehead atoms. The van der Waals surface area contributed by atoms with Gasteiger partial charge in [-0.15, -0.1) is 0 Å². The zero-order valence-corrected chi connectivity index (χ0v) is 53.4. The summed E-state index contributed by atoms with van der Waals surface area (Å²) in [6.45, 7) is 4.49. The third-order valence-electron chi connectivity index (χ3n) is 14.2. The molecular weight excluding hydrogens is 1010 g/mol. The van der Waals surface area contributed by atoms with Crippen LogP contribution in [0.3, 0.4) is 0 Å². The molecule has 0 aromatic rings. The number of likely N-dealkylation sites (N-methyl/N-ethyl adjacent to an activating group) is 1. The number of quaternary nitrogens is 1. The largest absolute Gasteiger partial charge is 0.756 e. The molecule has 0 aliphatic heterocycles. The molecule has 80 heavy (non-hydrogen) atoms. The summed E-state index contributed by atoms with van der Waals surface area (Å²) in [6.07, 6.45) is 90.3. The minimum absolute atomic E-state index is 0.0218. The van der Waals surface area contributed by atoms with E-state index in [1.807, 2.05) is 27.2 Å². The number of unbranched alkanes of at least 4 members (excludes halogenated alkanes) is 28. The Morgan fingerprint density at radius 3 is 1.16 bits per heavy atom. The van der Waals surface area contributed by atoms with E-state index in [2.05, 4.69) is 129 Å². The fourth-order valence-corrected chi connectivity index (χ4v) is 9.79. The second-order valence-corrected chi connectivity index (χ2v) is 24.5. The molecule has 0 aromatic carbocycles. The van der Waals surface area contributed by atoms with Gasteiger partial charge in [-0.2, -0.15) is 0 Å². The molecule has 0 rings (SSSR count). The molecule has 0 fully saturated rings. The lowest BCUT2D eigenvalue weighted by molar-refractivity contribution is -0.870. The van der Waals surface area contributed by atoms with Gasteiger partial charge in [-0.25, -0.2) is 0 Å². The van der Waals surface area contributed by atoms with Crippen LogP contribution in [0.4, 0.5) is 0 Å². The van der Waals surface area contributed by atoms with Gasteiger partial charge in [0.1, 0.15) is 13.2 Å². The zero-order valence-electron chi connectivity index (χ0n) is 52.5. The number of carbonyl (C=O) groups excluding carboxylic acids is 1. The first-order chi connectivity index (χ1) is 39.0. The van der Waals surface area contributed by atoms with Gasteiger partial charge in [-0.1, -0.05) is 289 Å². The number of phosphoric ester groups is 1. The number of allylic oxidation sites excluding steroid dienone is 19.